The number of rotatable bonds is 6. The standard InChI is InChI=1S/C66H40B2N4S2/c1-5-17-41(18-6-1)69(42-19-7-2-8-20-42)45-33-35-51-61(37-45)73-59-31-15-29-55-63(59)67(51)53-27-13-25-47-49-39-50-48-26-14-28-54-66(48)72(58(50)40-57(49)71(55)65(47)53)56-30-16-32-60-64(56)68(54)52-36-34-46(38-62(52)74-60)70(43-21-9-3-10-22-43)44-23-11-4-12-24-44/h1-40H. The molecule has 0 saturated heterocycles. The maximum atomic E-state index is 2.61. The Hall–Kier alpha value is -8.55. The van der Waals surface area contributed by atoms with E-state index in [9.17, 15) is 0 Å². The van der Waals surface area contributed by atoms with Crippen LogP contribution >= 0.6 is 23.5 Å². The zero-order chi connectivity index (χ0) is 48.2. The van der Waals surface area contributed by atoms with Crippen molar-refractivity contribution in [2.24, 2.45) is 0 Å². The number of anilines is 6. The Balaban J connectivity index is 0.843. The van der Waals surface area contributed by atoms with Gasteiger partial charge in [0, 0.05) is 97.7 Å². The van der Waals surface area contributed by atoms with Crippen LogP contribution in [0.2, 0.25) is 0 Å². The van der Waals surface area contributed by atoms with Gasteiger partial charge in [-0.3, -0.25) is 0 Å². The maximum absolute atomic E-state index is 2.61. The molecule has 8 heteroatoms. The Labute approximate surface area is 437 Å². The average Bonchev–Trinajstić information content (AvgIpc) is 4.08. The van der Waals surface area contributed by atoms with E-state index in [1.807, 2.05) is 23.5 Å². The van der Waals surface area contributed by atoms with Crippen LogP contribution in [0.1, 0.15) is 0 Å². The van der Waals surface area contributed by atoms with Gasteiger partial charge in [-0.25, -0.2) is 0 Å². The van der Waals surface area contributed by atoms with Gasteiger partial charge in [-0.05, 0) is 131 Å². The highest BCUT2D eigenvalue weighted by Crippen LogP contribution is 2.46. The second kappa shape index (κ2) is 15.5. The second-order valence-corrected chi connectivity index (χ2v) is 22.1. The molecule has 17 rings (SSSR count). The van der Waals surface area contributed by atoms with Crippen molar-refractivity contribution in [2.75, 3.05) is 9.80 Å². The number of para-hydroxylation sites is 6. The van der Waals surface area contributed by atoms with Crippen LogP contribution in [0.3, 0.4) is 0 Å². The molecule has 0 saturated carbocycles. The first-order chi connectivity index (χ1) is 36.7. The Morgan fingerprint density at radius 2 is 0.676 bits per heavy atom. The summed E-state index contributed by atoms with van der Waals surface area (Å²) in [6, 6.07) is 90.4. The van der Waals surface area contributed by atoms with Crippen molar-refractivity contribution in [1.82, 2.24) is 9.13 Å². The zero-order valence-corrected chi connectivity index (χ0v) is 41.5. The molecule has 0 amide bonds. The number of hydrogen-bond donors (Lipinski definition) is 0. The summed E-state index contributed by atoms with van der Waals surface area (Å²) in [6.07, 6.45) is 0. The molecule has 0 atom stereocenters. The molecule has 6 heterocycles. The van der Waals surface area contributed by atoms with Crippen LogP contribution in [-0.2, 0) is 0 Å². The van der Waals surface area contributed by atoms with Gasteiger partial charge >= 0.3 is 0 Å². The van der Waals surface area contributed by atoms with Crippen LogP contribution in [0.15, 0.2) is 262 Å². The minimum Gasteiger partial charge on any atom is -0.310 e. The largest absolute Gasteiger partial charge is 0.310 e. The summed E-state index contributed by atoms with van der Waals surface area (Å²) in [5.74, 6) is 0. The molecule has 2 aromatic heterocycles. The quantitative estimate of drug-likeness (QED) is 0.154. The molecule has 4 aliphatic heterocycles. The van der Waals surface area contributed by atoms with Crippen LogP contribution in [0.5, 0.6) is 0 Å². The van der Waals surface area contributed by atoms with Gasteiger partial charge in [-0.2, -0.15) is 0 Å². The third kappa shape index (κ3) is 5.64. The van der Waals surface area contributed by atoms with Gasteiger partial charge in [-0.15, -0.1) is 0 Å². The summed E-state index contributed by atoms with van der Waals surface area (Å²) in [5.41, 5.74) is 22.8. The lowest BCUT2D eigenvalue weighted by atomic mass is 9.35. The second-order valence-electron chi connectivity index (χ2n) is 19.9. The van der Waals surface area contributed by atoms with E-state index in [2.05, 4.69) is 262 Å². The molecule has 0 unspecified atom stereocenters. The minimum absolute atomic E-state index is 0.107. The molecule has 0 bridgehead atoms. The van der Waals surface area contributed by atoms with Crippen LogP contribution < -0.4 is 42.6 Å². The Morgan fingerprint density at radius 3 is 1.08 bits per heavy atom. The molecule has 4 aliphatic rings. The first-order valence-corrected chi connectivity index (χ1v) is 27.1. The fourth-order valence-electron chi connectivity index (χ4n) is 13.2. The molecule has 13 aromatic rings. The predicted octanol–water partition coefficient (Wildman–Crippen LogP) is 13.4. The Kier molecular flexibility index (Phi) is 8.57. The number of hydrogen-bond acceptors (Lipinski definition) is 4. The van der Waals surface area contributed by atoms with Crippen molar-refractivity contribution in [3.05, 3.63) is 243 Å². The lowest BCUT2D eigenvalue weighted by Crippen LogP contribution is -2.58. The van der Waals surface area contributed by atoms with Gasteiger partial charge < -0.3 is 18.9 Å². The van der Waals surface area contributed by atoms with Crippen LogP contribution in [0, 0.1) is 0 Å². The van der Waals surface area contributed by atoms with E-state index in [4.69, 9.17) is 0 Å². The molecule has 4 nitrogen and oxygen atoms in total. The molecule has 0 aliphatic carbocycles. The molecule has 0 radical (unpaired) electrons. The number of fused-ring (bicyclic) bond motifs is 14. The van der Waals surface area contributed by atoms with E-state index in [0.29, 0.717) is 0 Å². The van der Waals surface area contributed by atoms with Crippen molar-refractivity contribution in [3.63, 3.8) is 0 Å². The summed E-state index contributed by atoms with van der Waals surface area (Å²) in [4.78, 5) is 10.0. The SMILES string of the molecule is c1ccc(N(c2ccccc2)c2ccc3c(c2)Sc2cccc4c2B3c2cccc3c5cc6c7cccc8c7n(c6cc5n-4c23)-c2cccc3c2B8c2ccc(N(c4ccccc4)c4ccccc4)cc2S3)cc1. The molecule has 0 N–H and O–H groups in total. The summed E-state index contributed by atoms with van der Waals surface area (Å²) < 4.78 is 5.22. The Morgan fingerprint density at radius 1 is 0.284 bits per heavy atom. The van der Waals surface area contributed by atoms with Crippen molar-refractivity contribution >= 4 is 147 Å². The van der Waals surface area contributed by atoms with Gasteiger partial charge in [0.15, 0.2) is 0 Å². The number of benzene rings is 11. The normalized spacial score (nSPS) is 13.2. The van der Waals surface area contributed by atoms with E-state index in [1.165, 1.54) is 107 Å². The smallest absolute Gasteiger partial charge is 0.249 e. The average molecular weight is 975 g/mol. The molecule has 0 spiro atoms. The summed E-state index contributed by atoms with van der Waals surface area (Å²) >= 11 is 3.83. The van der Waals surface area contributed by atoms with Gasteiger partial charge in [-0.1, -0.05) is 168 Å². The van der Waals surface area contributed by atoms with E-state index in [-0.39, 0.29) is 13.4 Å². The molecule has 11 aromatic carbocycles. The highest BCUT2D eigenvalue weighted by Gasteiger charge is 2.42. The van der Waals surface area contributed by atoms with Gasteiger partial charge in [0.05, 0.1) is 11.0 Å². The van der Waals surface area contributed by atoms with E-state index in [0.717, 1.165) is 34.1 Å². The first kappa shape index (κ1) is 41.0. The summed E-state index contributed by atoms with van der Waals surface area (Å²) in [6.45, 7) is 0.213. The lowest BCUT2D eigenvalue weighted by molar-refractivity contribution is 1.16. The van der Waals surface area contributed by atoms with E-state index in [1.54, 1.807) is 0 Å². The Bertz CT molecular complexity index is 4150. The van der Waals surface area contributed by atoms with Crippen molar-refractivity contribution < 1.29 is 0 Å². The lowest BCUT2D eigenvalue weighted by Gasteiger charge is -2.34. The molecule has 74 heavy (non-hydrogen) atoms. The zero-order valence-electron chi connectivity index (χ0n) is 39.9. The van der Waals surface area contributed by atoms with Crippen LogP contribution in [-0.4, -0.2) is 22.6 Å². The van der Waals surface area contributed by atoms with Crippen molar-refractivity contribution in [2.45, 2.75) is 19.6 Å². The highest BCUT2D eigenvalue weighted by molar-refractivity contribution is 8.00. The van der Waals surface area contributed by atoms with Crippen LogP contribution in [0.4, 0.5) is 34.1 Å². The monoisotopic (exact) mass is 974 g/mol. The number of aromatic nitrogens is 2. The van der Waals surface area contributed by atoms with Crippen molar-refractivity contribution in [3.8, 4) is 11.4 Å². The van der Waals surface area contributed by atoms with Crippen molar-refractivity contribution in [1.29, 1.82) is 0 Å². The molecular formula is C66H40B2N4S2. The first-order valence-electron chi connectivity index (χ1n) is 25.5. The third-order valence-electron chi connectivity index (χ3n) is 16.2. The summed E-state index contributed by atoms with van der Waals surface area (Å²) in [5, 5.41) is 5.20. The fourth-order valence-corrected chi connectivity index (χ4v) is 15.6. The predicted molar refractivity (Wildman–Crippen MR) is 315 cm³/mol. The topological polar surface area (TPSA) is 16.3 Å². The minimum atomic E-state index is 0.107. The van der Waals surface area contributed by atoms with Gasteiger partial charge in [0.25, 0.3) is 0 Å². The number of nitrogens with zero attached hydrogens (tertiary/aromatic N) is 4. The fraction of sp³-hybridized carbons (Fsp3) is 0. The molecule has 0 fully saturated rings. The van der Waals surface area contributed by atoms with E-state index >= 15 is 0 Å². The maximum Gasteiger partial charge on any atom is 0.249 e. The molecular weight excluding hydrogens is 935 g/mol. The van der Waals surface area contributed by atoms with Gasteiger partial charge in [0.1, 0.15) is 0 Å². The van der Waals surface area contributed by atoms with Gasteiger partial charge in [0.2, 0.25) is 13.4 Å². The third-order valence-corrected chi connectivity index (χ3v) is 18.5. The van der Waals surface area contributed by atoms with E-state index < -0.39 is 0 Å². The highest BCUT2D eigenvalue weighted by atomic mass is 32.2. The summed E-state index contributed by atoms with van der Waals surface area (Å²) in [7, 11) is 0. The van der Waals surface area contributed by atoms with Crippen LogP contribution in [0.25, 0.3) is 55.0 Å². The molecule has 342 valence electrons.